The van der Waals surface area contributed by atoms with Crippen molar-refractivity contribution in [1.82, 2.24) is 15.5 Å². The first kappa shape index (κ1) is 30.5. The highest BCUT2D eigenvalue weighted by Gasteiger charge is 2.30. The third kappa shape index (κ3) is 8.45. The Labute approximate surface area is 240 Å². The third-order valence-corrected chi connectivity index (χ3v) is 7.87. The molecule has 1 fully saturated rings. The number of hydrogen-bond donors (Lipinski definition) is 4. The van der Waals surface area contributed by atoms with Crippen LogP contribution >= 0.6 is 35.8 Å². The number of amides is 3. The lowest BCUT2D eigenvalue weighted by atomic mass is 9.95. The minimum atomic E-state index is -1.32. The molecular formula is C27H28Cl2FN3O5S. The van der Waals surface area contributed by atoms with E-state index in [1.807, 2.05) is 0 Å². The van der Waals surface area contributed by atoms with Crippen molar-refractivity contribution in [2.24, 2.45) is 5.92 Å². The number of nitrogens with zero attached hydrogens (tertiary/aromatic N) is 1. The standard InChI is InChI=1S/C27H28Cl2FN3O5S/c1-15-21(39)13-18(25(29)24(15)28)4-7-23(35)33-10-8-17(9-11-33)26(36)32-20(27(37)38)14-31-22(34)12-16-2-5-19(30)6-3-16/h2-7,13,17,20,39H,8-12,14H2,1H3,(H,31,34)(H,32,36)(H,37,38). The highest BCUT2D eigenvalue weighted by Crippen LogP contribution is 2.34. The quantitative estimate of drug-likeness (QED) is 0.259. The first-order chi connectivity index (χ1) is 18.5. The zero-order valence-corrected chi connectivity index (χ0v) is 23.5. The second kappa shape index (κ2) is 13.8. The Bertz CT molecular complexity index is 1280. The average Bonchev–Trinajstić information content (AvgIpc) is 2.92. The number of carbonyl (C=O) groups is 4. The summed E-state index contributed by atoms with van der Waals surface area (Å²) in [5.74, 6) is -3.37. The van der Waals surface area contributed by atoms with Crippen LogP contribution in [0.1, 0.15) is 29.5 Å². The third-order valence-electron chi connectivity index (χ3n) is 6.43. The number of benzene rings is 2. The molecule has 1 heterocycles. The van der Waals surface area contributed by atoms with Gasteiger partial charge in [-0.15, -0.1) is 12.6 Å². The average molecular weight is 597 g/mol. The Morgan fingerprint density at radius 3 is 2.41 bits per heavy atom. The summed E-state index contributed by atoms with van der Waals surface area (Å²) < 4.78 is 13.0. The number of likely N-dealkylation sites (tertiary alicyclic amines) is 1. The molecule has 2 aromatic carbocycles. The summed E-state index contributed by atoms with van der Waals surface area (Å²) in [5, 5.41) is 15.2. The molecule has 0 radical (unpaired) electrons. The highest BCUT2D eigenvalue weighted by atomic mass is 35.5. The monoisotopic (exact) mass is 595 g/mol. The van der Waals surface area contributed by atoms with E-state index in [1.54, 1.807) is 24.0 Å². The van der Waals surface area contributed by atoms with Gasteiger partial charge in [-0.25, -0.2) is 9.18 Å². The fourth-order valence-corrected chi connectivity index (χ4v) is 4.82. The van der Waals surface area contributed by atoms with Crippen LogP contribution < -0.4 is 10.6 Å². The van der Waals surface area contributed by atoms with Gasteiger partial charge in [-0.05, 0) is 60.7 Å². The molecule has 39 heavy (non-hydrogen) atoms. The van der Waals surface area contributed by atoms with Gasteiger partial charge in [0.25, 0.3) is 0 Å². The summed E-state index contributed by atoms with van der Waals surface area (Å²) in [5.41, 5.74) is 1.87. The van der Waals surface area contributed by atoms with Crippen LogP contribution in [0.25, 0.3) is 6.08 Å². The first-order valence-electron chi connectivity index (χ1n) is 12.1. The summed E-state index contributed by atoms with van der Waals surface area (Å²) in [6, 6.07) is 5.78. The number of piperidine rings is 1. The van der Waals surface area contributed by atoms with Gasteiger partial charge in [-0.1, -0.05) is 35.3 Å². The summed E-state index contributed by atoms with van der Waals surface area (Å²) in [6.07, 6.45) is 3.60. The molecule has 1 aliphatic heterocycles. The molecular weight excluding hydrogens is 568 g/mol. The van der Waals surface area contributed by atoms with Gasteiger partial charge in [0.15, 0.2) is 0 Å². The van der Waals surface area contributed by atoms with E-state index in [4.69, 9.17) is 23.2 Å². The Hall–Kier alpha value is -3.08. The number of halogens is 3. The van der Waals surface area contributed by atoms with Crippen LogP contribution in [0.5, 0.6) is 0 Å². The van der Waals surface area contributed by atoms with Crippen molar-refractivity contribution in [3.05, 3.63) is 69.0 Å². The maximum absolute atomic E-state index is 13.0. The zero-order valence-electron chi connectivity index (χ0n) is 21.0. The van der Waals surface area contributed by atoms with Crippen LogP contribution in [0.15, 0.2) is 41.3 Å². The van der Waals surface area contributed by atoms with Crippen molar-refractivity contribution in [2.75, 3.05) is 19.6 Å². The van der Waals surface area contributed by atoms with Gasteiger partial charge in [0, 0.05) is 36.5 Å². The van der Waals surface area contributed by atoms with Gasteiger partial charge in [-0.2, -0.15) is 0 Å². The van der Waals surface area contributed by atoms with E-state index in [2.05, 4.69) is 23.3 Å². The number of rotatable bonds is 9. The minimum absolute atomic E-state index is 0.0551. The summed E-state index contributed by atoms with van der Waals surface area (Å²) in [4.78, 5) is 51.4. The molecule has 0 bridgehead atoms. The number of thiol groups is 1. The molecule has 3 N–H and O–H groups in total. The van der Waals surface area contributed by atoms with Crippen LogP contribution in [0.3, 0.4) is 0 Å². The van der Waals surface area contributed by atoms with E-state index >= 15 is 0 Å². The lowest BCUT2D eigenvalue weighted by Crippen LogP contribution is -2.51. The summed E-state index contributed by atoms with van der Waals surface area (Å²) in [7, 11) is 0. The van der Waals surface area contributed by atoms with E-state index in [9.17, 15) is 28.7 Å². The molecule has 1 aliphatic rings. The largest absolute Gasteiger partial charge is 0.480 e. The van der Waals surface area contributed by atoms with Gasteiger partial charge >= 0.3 is 5.97 Å². The van der Waals surface area contributed by atoms with E-state index < -0.39 is 35.6 Å². The van der Waals surface area contributed by atoms with Gasteiger partial charge in [0.1, 0.15) is 11.9 Å². The van der Waals surface area contributed by atoms with Gasteiger partial charge < -0.3 is 20.6 Å². The Morgan fingerprint density at radius 1 is 1.15 bits per heavy atom. The van der Waals surface area contributed by atoms with E-state index in [-0.39, 0.29) is 18.9 Å². The van der Waals surface area contributed by atoms with E-state index in [0.29, 0.717) is 52.0 Å². The number of carboxylic acids is 1. The molecule has 0 aliphatic carbocycles. The lowest BCUT2D eigenvalue weighted by molar-refractivity contribution is -0.142. The van der Waals surface area contributed by atoms with Crippen LogP contribution in [0.2, 0.25) is 10.0 Å². The molecule has 3 amide bonds. The number of aliphatic carboxylic acids is 1. The molecule has 1 unspecified atom stereocenters. The Kier molecular flexibility index (Phi) is 10.8. The second-order valence-electron chi connectivity index (χ2n) is 9.18. The molecule has 2 aromatic rings. The SMILES string of the molecule is Cc1c(S)cc(C=CC(=O)N2CCC(C(=O)NC(CNC(=O)Cc3ccc(F)cc3)C(=O)O)CC2)c(Cl)c1Cl. The number of nitrogens with one attached hydrogen (secondary N) is 2. The fourth-order valence-electron chi connectivity index (χ4n) is 4.03. The summed E-state index contributed by atoms with van der Waals surface area (Å²) >= 11 is 16.8. The maximum Gasteiger partial charge on any atom is 0.328 e. The van der Waals surface area contributed by atoms with Crippen molar-refractivity contribution in [3.8, 4) is 0 Å². The summed E-state index contributed by atoms with van der Waals surface area (Å²) in [6.45, 7) is 2.12. The van der Waals surface area contributed by atoms with Crippen molar-refractivity contribution >= 4 is 65.6 Å². The van der Waals surface area contributed by atoms with E-state index in [0.717, 1.165) is 5.56 Å². The van der Waals surface area contributed by atoms with Crippen molar-refractivity contribution in [2.45, 2.75) is 37.1 Å². The molecule has 208 valence electrons. The molecule has 8 nitrogen and oxygen atoms in total. The highest BCUT2D eigenvalue weighted by molar-refractivity contribution is 7.80. The molecule has 3 rings (SSSR count). The second-order valence-corrected chi connectivity index (χ2v) is 10.4. The molecule has 1 atom stereocenters. The number of carboxylic acid groups (broad SMARTS) is 1. The number of hydrogen-bond acceptors (Lipinski definition) is 5. The lowest BCUT2D eigenvalue weighted by Gasteiger charge is -2.31. The van der Waals surface area contributed by atoms with Crippen molar-refractivity contribution in [1.29, 1.82) is 0 Å². The predicted molar refractivity (Wildman–Crippen MR) is 149 cm³/mol. The van der Waals surface area contributed by atoms with Gasteiger partial charge in [-0.3, -0.25) is 14.4 Å². The molecule has 12 heteroatoms. The predicted octanol–water partition coefficient (Wildman–Crippen LogP) is 3.91. The van der Waals surface area contributed by atoms with Crippen LogP contribution in [-0.4, -0.2) is 59.4 Å². The normalized spacial score (nSPS) is 14.7. The van der Waals surface area contributed by atoms with Gasteiger partial charge in [0.2, 0.25) is 17.7 Å². The fraction of sp³-hybridized carbons (Fsp3) is 0.333. The Morgan fingerprint density at radius 2 is 1.79 bits per heavy atom. The minimum Gasteiger partial charge on any atom is -0.480 e. The maximum atomic E-state index is 13.0. The van der Waals surface area contributed by atoms with Crippen LogP contribution in [-0.2, 0) is 25.6 Å². The van der Waals surface area contributed by atoms with Gasteiger partial charge in [0.05, 0.1) is 16.5 Å². The topological polar surface area (TPSA) is 116 Å². The molecule has 1 saturated heterocycles. The number of carbonyl (C=O) groups excluding carboxylic acids is 3. The smallest absolute Gasteiger partial charge is 0.328 e. The zero-order chi connectivity index (χ0) is 28.7. The molecule has 0 saturated carbocycles. The Balaban J connectivity index is 1.48. The van der Waals surface area contributed by atoms with Crippen molar-refractivity contribution < 1.29 is 28.7 Å². The first-order valence-corrected chi connectivity index (χ1v) is 13.4. The van der Waals surface area contributed by atoms with Crippen molar-refractivity contribution in [3.63, 3.8) is 0 Å². The molecule has 0 aromatic heterocycles. The van der Waals surface area contributed by atoms with Crippen LogP contribution in [0.4, 0.5) is 4.39 Å². The molecule has 0 spiro atoms. The van der Waals surface area contributed by atoms with E-state index in [1.165, 1.54) is 30.3 Å². The van der Waals surface area contributed by atoms with Crippen LogP contribution in [0, 0.1) is 18.7 Å².